The zero-order valence-electron chi connectivity index (χ0n) is 6.13. The van der Waals surface area contributed by atoms with Crippen molar-refractivity contribution in [2.45, 2.75) is 32.2 Å². The van der Waals surface area contributed by atoms with Gasteiger partial charge in [0.15, 0.2) is 0 Å². The molecule has 4 nitrogen and oxygen atoms in total. The topological polar surface area (TPSA) is 66.9 Å². The van der Waals surface area contributed by atoms with Crippen LogP contribution in [0.2, 0.25) is 0 Å². The molecule has 10 heavy (non-hydrogen) atoms. The fourth-order valence-corrected chi connectivity index (χ4v) is 0.453. The molecule has 0 aromatic rings. The van der Waals surface area contributed by atoms with E-state index in [0.717, 1.165) is 0 Å². The Morgan fingerprint density at radius 2 is 2.20 bits per heavy atom. The molecule has 0 aliphatic rings. The molecule has 0 bridgehead atoms. The van der Waals surface area contributed by atoms with Gasteiger partial charge in [0.1, 0.15) is 0 Å². The first-order chi connectivity index (χ1) is 4.50. The van der Waals surface area contributed by atoms with Crippen LogP contribution < -0.4 is 0 Å². The SMILES string of the molecule is CC(C)(CCC#N)[N+](=O)[O-]. The summed E-state index contributed by atoms with van der Waals surface area (Å²) in [5.41, 5.74) is -0.949. The Hall–Kier alpha value is -1.11. The van der Waals surface area contributed by atoms with Crippen LogP contribution in [-0.2, 0) is 0 Å². The lowest BCUT2D eigenvalue weighted by atomic mass is 10.0. The van der Waals surface area contributed by atoms with E-state index in [1.807, 2.05) is 6.07 Å². The van der Waals surface area contributed by atoms with Gasteiger partial charge in [-0.15, -0.1) is 0 Å². The van der Waals surface area contributed by atoms with Crippen molar-refractivity contribution in [2.75, 3.05) is 0 Å². The largest absolute Gasteiger partial charge is 0.264 e. The highest BCUT2D eigenvalue weighted by Crippen LogP contribution is 2.14. The molecule has 0 spiro atoms. The van der Waals surface area contributed by atoms with Crippen molar-refractivity contribution < 1.29 is 4.92 Å². The average molecular weight is 142 g/mol. The first-order valence-electron chi connectivity index (χ1n) is 3.02. The molecule has 56 valence electrons. The van der Waals surface area contributed by atoms with Crippen LogP contribution in [0.5, 0.6) is 0 Å². The van der Waals surface area contributed by atoms with Gasteiger partial charge in [-0.25, -0.2) is 0 Å². The van der Waals surface area contributed by atoms with Crippen molar-refractivity contribution in [1.29, 1.82) is 5.26 Å². The molecule has 0 rings (SSSR count). The summed E-state index contributed by atoms with van der Waals surface area (Å²) in [7, 11) is 0. The van der Waals surface area contributed by atoms with Crippen molar-refractivity contribution in [3.05, 3.63) is 10.1 Å². The van der Waals surface area contributed by atoms with Gasteiger partial charge in [0.05, 0.1) is 6.07 Å². The third-order valence-corrected chi connectivity index (χ3v) is 1.34. The summed E-state index contributed by atoms with van der Waals surface area (Å²) in [6.07, 6.45) is 0.560. The van der Waals surface area contributed by atoms with Gasteiger partial charge in [-0.2, -0.15) is 5.26 Å². The van der Waals surface area contributed by atoms with Gasteiger partial charge < -0.3 is 0 Å². The highest BCUT2D eigenvalue weighted by molar-refractivity contribution is 4.76. The lowest BCUT2D eigenvalue weighted by molar-refractivity contribution is -0.561. The first-order valence-corrected chi connectivity index (χ1v) is 3.02. The molecular formula is C6H10N2O2. The van der Waals surface area contributed by atoms with Crippen LogP contribution in [0.1, 0.15) is 26.7 Å². The van der Waals surface area contributed by atoms with Gasteiger partial charge in [-0.1, -0.05) is 0 Å². The van der Waals surface area contributed by atoms with E-state index in [1.54, 1.807) is 0 Å². The Morgan fingerprint density at radius 1 is 1.70 bits per heavy atom. The number of nitro groups is 1. The predicted octanol–water partition coefficient (Wildman–Crippen LogP) is 1.35. The molecule has 0 atom stereocenters. The lowest BCUT2D eigenvalue weighted by Crippen LogP contribution is -2.30. The smallest absolute Gasteiger partial charge is 0.217 e. The lowest BCUT2D eigenvalue weighted by Gasteiger charge is -2.12. The number of rotatable bonds is 3. The van der Waals surface area contributed by atoms with E-state index in [4.69, 9.17) is 5.26 Å². The quantitative estimate of drug-likeness (QED) is 0.441. The maximum absolute atomic E-state index is 10.2. The van der Waals surface area contributed by atoms with Crippen LogP contribution in [-0.4, -0.2) is 10.5 Å². The van der Waals surface area contributed by atoms with E-state index in [0.29, 0.717) is 6.42 Å². The van der Waals surface area contributed by atoms with E-state index in [2.05, 4.69) is 0 Å². The Bertz CT molecular complexity index is 169. The molecular weight excluding hydrogens is 132 g/mol. The normalized spacial score (nSPS) is 10.5. The van der Waals surface area contributed by atoms with Crippen LogP contribution in [0.25, 0.3) is 0 Å². The van der Waals surface area contributed by atoms with Crippen molar-refractivity contribution in [3.63, 3.8) is 0 Å². The van der Waals surface area contributed by atoms with Crippen LogP contribution in [0.15, 0.2) is 0 Å². The van der Waals surface area contributed by atoms with E-state index >= 15 is 0 Å². The van der Waals surface area contributed by atoms with Crippen molar-refractivity contribution >= 4 is 0 Å². The molecule has 0 unspecified atom stereocenters. The Kier molecular flexibility index (Phi) is 2.81. The fraction of sp³-hybridized carbons (Fsp3) is 0.833. The second-order valence-corrected chi connectivity index (χ2v) is 2.73. The van der Waals surface area contributed by atoms with Gasteiger partial charge in [0, 0.05) is 31.6 Å². The standard InChI is InChI=1S/C6H10N2O2/c1-6(2,8(9)10)4-3-5-7/h3-4H2,1-2H3. The zero-order valence-corrected chi connectivity index (χ0v) is 6.13. The van der Waals surface area contributed by atoms with E-state index in [1.165, 1.54) is 13.8 Å². The molecule has 0 radical (unpaired) electrons. The highest BCUT2D eigenvalue weighted by Gasteiger charge is 2.29. The summed E-state index contributed by atoms with van der Waals surface area (Å²) in [6.45, 7) is 3.04. The molecule has 4 heteroatoms. The third-order valence-electron chi connectivity index (χ3n) is 1.34. The zero-order chi connectivity index (χ0) is 8.20. The van der Waals surface area contributed by atoms with Gasteiger partial charge in [0.25, 0.3) is 0 Å². The Morgan fingerprint density at radius 3 is 2.50 bits per heavy atom. The van der Waals surface area contributed by atoms with Crippen LogP contribution in [0.3, 0.4) is 0 Å². The fourth-order valence-electron chi connectivity index (χ4n) is 0.453. The molecule has 0 heterocycles. The molecule has 0 aromatic carbocycles. The van der Waals surface area contributed by atoms with E-state index < -0.39 is 5.54 Å². The predicted molar refractivity (Wildman–Crippen MR) is 35.9 cm³/mol. The summed E-state index contributed by atoms with van der Waals surface area (Å²) in [5.74, 6) is 0. The second-order valence-electron chi connectivity index (χ2n) is 2.73. The molecule has 0 aliphatic heterocycles. The maximum Gasteiger partial charge on any atom is 0.217 e. The van der Waals surface area contributed by atoms with E-state index in [9.17, 15) is 10.1 Å². The van der Waals surface area contributed by atoms with E-state index in [-0.39, 0.29) is 11.3 Å². The number of nitrogens with zero attached hydrogens (tertiary/aromatic N) is 2. The van der Waals surface area contributed by atoms with Gasteiger partial charge in [-0.05, 0) is 0 Å². The summed E-state index contributed by atoms with van der Waals surface area (Å²) in [5, 5.41) is 18.4. The van der Waals surface area contributed by atoms with Crippen LogP contribution >= 0.6 is 0 Å². The van der Waals surface area contributed by atoms with Crippen molar-refractivity contribution in [2.24, 2.45) is 0 Å². The molecule has 0 saturated heterocycles. The monoisotopic (exact) mass is 142 g/mol. The van der Waals surface area contributed by atoms with Crippen LogP contribution in [0.4, 0.5) is 0 Å². The summed E-state index contributed by atoms with van der Waals surface area (Å²) < 4.78 is 0. The minimum atomic E-state index is -0.949. The van der Waals surface area contributed by atoms with Crippen molar-refractivity contribution in [3.8, 4) is 6.07 Å². The number of hydrogen-bond acceptors (Lipinski definition) is 3. The van der Waals surface area contributed by atoms with Gasteiger partial charge >= 0.3 is 0 Å². The van der Waals surface area contributed by atoms with Crippen LogP contribution in [0, 0.1) is 21.4 Å². The maximum atomic E-state index is 10.2. The molecule has 0 aliphatic carbocycles. The molecule has 0 saturated carbocycles. The average Bonchev–Trinajstić information content (AvgIpc) is 1.84. The summed E-state index contributed by atoms with van der Waals surface area (Å²) in [6, 6.07) is 1.87. The van der Waals surface area contributed by atoms with Gasteiger partial charge in [-0.3, -0.25) is 10.1 Å². The molecule has 0 N–H and O–H groups in total. The number of nitriles is 1. The minimum Gasteiger partial charge on any atom is -0.264 e. The first kappa shape index (κ1) is 8.89. The Labute approximate surface area is 59.6 Å². The molecule has 0 fully saturated rings. The van der Waals surface area contributed by atoms with Gasteiger partial charge in [0.2, 0.25) is 5.54 Å². The second kappa shape index (κ2) is 3.16. The number of hydrogen-bond donors (Lipinski definition) is 0. The molecule has 0 amide bonds. The molecule has 0 aromatic heterocycles. The third kappa shape index (κ3) is 2.44. The Balaban J connectivity index is 3.90. The summed E-state index contributed by atoms with van der Waals surface area (Å²) in [4.78, 5) is 9.87. The minimum absolute atomic E-state index is 0.244. The van der Waals surface area contributed by atoms with Crippen molar-refractivity contribution in [1.82, 2.24) is 0 Å². The highest BCUT2D eigenvalue weighted by atomic mass is 16.6. The summed E-state index contributed by atoms with van der Waals surface area (Å²) >= 11 is 0.